The molecule has 3 aromatic rings. The van der Waals surface area contributed by atoms with Crippen LogP contribution in [-0.2, 0) is 12.0 Å². The van der Waals surface area contributed by atoms with Gasteiger partial charge < -0.3 is 10.1 Å². The molecule has 1 N–H and O–H groups in total. The Balaban J connectivity index is 1.86. The third-order valence-corrected chi connectivity index (χ3v) is 3.91. The Hall–Kier alpha value is -2.69. The molecule has 0 atom stereocenters. The fourth-order valence-corrected chi connectivity index (χ4v) is 2.46. The summed E-state index contributed by atoms with van der Waals surface area (Å²) in [6.45, 7) is 7.24. The average Bonchev–Trinajstić information content (AvgIpc) is 2.59. The molecule has 0 amide bonds. The van der Waals surface area contributed by atoms with Gasteiger partial charge in [0.25, 0.3) is 0 Å². The highest BCUT2D eigenvalue weighted by molar-refractivity contribution is 5.87. The molecule has 5 heteroatoms. The van der Waals surface area contributed by atoms with Crippen LogP contribution in [0, 0.1) is 0 Å². The van der Waals surface area contributed by atoms with Crippen LogP contribution in [0.3, 0.4) is 0 Å². The number of anilines is 1. The molecule has 3 heterocycles. The van der Waals surface area contributed by atoms with Crippen LogP contribution in [0.1, 0.15) is 31.9 Å². The van der Waals surface area contributed by atoms with Crippen LogP contribution in [0.25, 0.3) is 11.0 Å². The van der Waals surface area contributed by atoms with Gasteiger partial charge in [0.15, 0.2) is 0 Å². The summed E-state index contributed by atoms with van der Waals surface area (Å²) >= 11 is 0. The van der Waals surface area contributed by atoms with Gasteiger partial charge in [-0.2, -0.15) is 0 Å². The minimum atomic E-state index is 0.0846. The zero-order valence-corrected chi connectivity index (χ0v) is 14.5. The van der Waals surface area contributed by atoms with E-state index in [2.05, 4.69) is 47.1 Å². The first kappa shape index (κ1) is 16.2. The molecule has 0 radical (unpaired) electrons. The van der Waals surface area contributed by atoms with E-state index in [4.69, 9.17) is 4.74 Å². The van der Waals surface area contributed by atoms with Gasteiger partial charge in [0, 0.05) is 31.2 Å². The van der Waals surface area contributed by atoms with Crippen LogP contribution < -0.4 is 10.1 Å². The van der Waals surface area contributed by atoms with E-state index in [0.29, 0.717) is 12.4 Å². The number of ether oxygens (including phenoxy) is 1. The molecule has 3 aromatic heterocycles. The molecule has 0 aromatic carbocycles. The Morgan fingerprint density at radius 2 is 1.96 bits per heavy atom. The largest absolute Gasteiger partial charge is 0.481 e. The first-order valence-electron chi connectivity index (χ1n) is 7.95. The molecule has 0 aliphatic heterocycles. The first-order chi connectivity index (χ1) is 11.5. The second-order valence-electron chi connectivity index (χ2n) is 6.77. The van der Waals surface area contributed by atoms with Crippen molar-refractivity contribution in [1.82, 2.24) is 15.0 Å². The van der Waals surface area contributed by atoms with Gasteiger partial charge in [0.05, 0.1) is 18.3 Å². The van der Waals surface area contributed by atoms with Crippen molar-refractivity contribution in [2.45, 2.75) is 32.7 Å². The Bertz CT molecular complexity index is 855. The van der Waals surface area contributed by atoms with Gasteiger partial charge in [-0.25, -0.2) is 4.98 Å². The monoisotopic (exact) mass is 322 g/mol. The van der Waals surface area contributed by atoms with Gasteiger partial charge in [-0.1, -0.05) is 26.8 Å². The molecule has 0 unspecified atom stereocenters. The highest BCUT2D eigenvalue weighted by Crippen LogP contribution is 2.24. The molecule has 5 nitrogen and oxygen atoms in total. The van der Waals surface area contributed by atoms with Crippen molar-refractivity contribution in [1.29, 1.82) is 0 Å². The molecule has 0 saturated heterocycles. The molecule has 0 bridgehead atoms. The highest BCUT2D eigenvalue weighted by atomic mass is 16.5. The van der Waals surface area contributed by atoms with Crippen LogP contribution in [0.5, 0.6) is 5.88 Å². The highest BCUT2D eigenvalue weighted by Gasteiger charge is 2.14. The lowest BCUT2D eigenvalue weighted by atomic mass is 9.88. The summed E-state index contributed by atoms with van der Waals surface area (Å²) in [5.74, 6) is 0.579. The van der Waals surface area contributed by atoms with Gasteiger partial charge in [-0.3, -0.25) is 9.97 Å². The van der Waals surface area contributed by atoms with E-state index in [1.165, 1.54) is 5.56 Å². The smallest absolute Gasteiger partial charge is 0.213 e. The van der Waals surface area contributed by atoms with Crippen molar-refractivity contribution in [2.24, 2.45) is 0 Å². The number of hydrogen-bond acceptors (Lipinski definition) is 5. The maximum Gasteiger partial charge on any atom is 0.213 e. The lowest BCUT2D eigenvalue weighted by Crippen LogP contribution is -2.12. The quantitative estimate of drug-likeness (QED) is 0.788. The standard InChI is InChI=1S/C19H22N4O/c1-19(2,3)14-9-13(10-20-12-14)11-22-16-7-8-21-15-5-6-17(24-4)23-18(15)16/h5-10,12H,11H2,1-4H3,(H,21,22). The summed E-state index contributed by atoms with van der Waals surface area (Å²) in [5, 5.41) is 3.44. The number of pyridine rings is 3. The molecule has 124 valence electrons. The number of nitrogens with zero attached hydrogens (tertiary/aromatic N) is 3. The van der Waals surface area contributed by atoms with E-state index in [9.17, 15) is 0 Å². The molecular weight excluding hydrogens is 300 g/mol. The summed E-state index contributed by atoms with van der Waals surface area (Å²) in [5.41, 5.74) is 5.01. The Kier molecular flexibility index (Phi) is 4.34. The topological polar surface area (TPSA) is 59.9 Å². The number of hydrogen-bond donors (Lipinski definition) is 1. The molecule has 0 fully saturated rings. The van der Waals surface area contributed by atoms with Crippen LogP contribution in [-0.4, -0.2) is 22.1 Å². The zero-order chi connectivity index (χ0) is 17.2. The zero-order valence-electron chi connectivity index (χ0n) is 14.5. The lowest BCUT2D eigenvalue weighted by molar-refractivity contribution is 0.399. The summed E-state index contributed by atoms with van der Waals surface area (Å²) in [4.78, 5) is 13.2. The normalized spacial score (nSPS) is 11.5. The van der Waals surface area contributed by atoms with Crippen molar-refractivity contribution in [3.63, 3.8) is 0 Å². The van der Waals surface area contributed by atoms with Crippen molar-refractivity contribution in [3.05, 3.63) is 54.0 Å². The van der Waals surface area contributed by atoms with E-state index < -0.39 is 0 Å². The second-order valence-corrected chi connectivity index (χ2v) is 6.77. The van der Waals surface area contributed by atoms with Crippen molar-refractivity contribution in [2.75, 3.05) is 12.4 Å². The summed E-state index contributed by atoms with van der Waals surface area (Å²) in [7, 11) is 1.61. The minimum Gasteiger partial charge on any atom is -0.481 e. The Morgan fingerprint density at radius 3 is 2.71 bits per heavy atom. The van der Waals surface area contributed by atoms with E-state index in [1.54, 1.807) is 13.3 Å². The summed E-state index contributed by atoms with van der Waals surface area (Å²) < 4.78 is 5.22. The average molecular weight is 322 g/mol. The van der Waals surface area contributed by atoms with E-state index in [0.717, 1.165) is 22.3 Å². The fraction of sp³-hybridized carbons (Fsp3) is 0.316. The van der Waals surface area contributed by atoms with Gasteiger partial charge in [0.1, 0.15) is 5.52 Å². The Labute approximate surface area is 142 Å². The number of fused-ring (bicyclic) bond motifs is 1. The number of methoxy groups -OCH3 is 1. The van der Waals surface area contributed by atoms with Crippen LogP contribution in [0.15, 0.2) is 42.9 Å². The molecular formula is C19H22N4O. The van der Waals surface area contributed by atoms with Crippen molar-refractivity contribution in [3.8, 4) is 5.88 Å². The lowest BCUT2D eigenvalue weighted by Gasteiger charge is -2.19. The first-order valence-corrected chi connectivity index (χ1v) is 7.95. The van der Waals surface area contributed by atoms with Crippen molar-refractivity contribution >= 4 is 16.7 Å². The van der Waals surface area contributed by atoms with E-state index >= 15 is 0 Å². The maximum atomic E-state index is 5.22. The molecule has 24 heavy (non-hydrogen) atoms. The van der Waals surface area contributed by atoms with E-state index in [1.807, 2.05) is 30.6 Å². The predicted octanol–water partition coefficient (Wildman–Crippen LogP) is 3.94. The molecule has 0 aliphatic carbocycles. The molecule has 3 rings (SSSR count). The van der Waals surface area contributed by atoms with Gasteiger partial charge in [-0.05, 0) is 28.7 Å². The van der Waals surface area contributed by atoms with Crippen molar-refractivity contribution < 1.29 is 4.74 Å². The van der Waals surface area contributed by atoms with Crippen LogP contribution in [0.2, 0.25) is 0 Å². The SMILES string of the molecule is COc1ccc2nccc(NCc3cncc(C(C)(C)C)c3)c2n1. The molecule has 0 saturated carbocycles. The molecule has 0 aliphatic rings. The van der Waals surface area contributed by atoms with Crippen LogP contribution >= 0.6 is 0 Å². The number of aromatic nitrogens is 3. The second kappa shape index (κ2) is 6.43. The predicted molar refractivity (Wildman–Crippen MR) is 96.4 cm³/mol. The van der Waals surface area contributed by atoms with Gasteiger partial charge >= 0.3 is 0 Å². The summed E-state index contributed by atoms with van der Waals surface area (Å²) in [6.07, 6.45) is 5.60. The number of nitrogens with one attached hydrogen (secondary N) is 1. The van der Waals surface area contributed by atoms with Gasteiger partial charge in [-0.15, -0.1) is 0 Å². The fourth-order valence-electron chi connectivity index (χ4n) is 2.46. The number of rotatable bonds is 4. The van der Waals surface area contributed by atoms with Gasteiger partial charge in [0.2, 0.25) is 5.88 Å². The van der Waals surface area contributed by atoms with Crippen LogP contribution in [0.4, 0.5) is 5.69 Å². The third-order valence-electron chi connectivity index (χ3n) is 3.91. The minimum absolute atomic E-state index is 0.0846. The summed E-state index contributed by atoms with van der Waals surface area (Å²) in [6, 6.07) is 7.84. The molecule has 0 spiro atoms. The maximum absolute atomic E-state index is 5.22. The third kappa shape index (κ3) is 3.45. The Morgan fingerprint density at radius 1 is 1.12 bits per heavy atom. The van der Waals surface area contributed by atoms with E-state index in [-0.39, 0.29) is 5.41 Å².